The van der Waals surface area contributed by atoms with Gasteiger partial charge in [-0.1, -0.05) is 0 Å². The van der Waals surface area contributed by atoms with Crippen LogP contribution in [0.1, 0.15) is 19.3 Å². The number of hydrogen-bond acceptors (Lipinski definition) is 3. The summed E-state index contributed by atoms with van der Waals surface area (Å²) in [6.07, 6.45) is 5.76. The van der Waals surface area contributed by atoms with E-state index in [9.17, 15) is 9.00 Å². The highest BCUT2D eigenvalue weighted by molar-refractivity contribution is 7.84. The third-order valence-electron chi connectivity index (χ3n) is 1.94. The van der Waals surface area contributed by atoms with Crippen LogP contribution in [0.15, 0.2) is 11.8 Å². The maximum Gasteiger partial charge on any atom is 0.157 e. The molecule has 74 valence electrons. The first-order chi connectivity index (χ1) is 6.18. The molecule has 0 aromatic carbocycles. The lowest BCUT2D eigenvalue weighted by molar-refractivity contribution is -0.114. The average molecular weight is 201 g/mol. The van der Waals surface area contributed by atoms with Gasteiger partial charge in [0.1, 0.15) is 0 Å². The van der Waals surface area contributed by atoms with Crippen molar-refractivity contribution in [3.8, 4) is 0 Å². The number of ketones is 1. The standard InChI is InChI=1S/C9H15NO2S/c1-13(12)6-2-5-10-8-3-4-9(11)7-8/h7,10H,2-6H2,1H3. The summed E-state index contributed by atoms with van der Waals surface area (Å²) in [5.74, 6) is 0.940. The smallest absolute Gasteiger partial charge is 0.157 e. The molecule has 1 rings (SSSR count). The molecule has 13 heavy (non-hydrogen) atoms. The second-order valence-corrected chi connectivity index (χ2v) is 4.75. The second-order valence-electron chi connectivity index (χ2n) is 3.19. The number of carbonyl (C=O) groups excluding carboxylic acids is 1. The van der Waals surface area contributed by atoms with E-state index in [4.69, 9.17) is 0 Å². The average Bonchev–Trinajstić information content (AvgIpc) is 2.45. The summed E-state index contributed by atoms with van der Waals surface area (Å²) in [6.45, 7) is 0.818. The van der Waals surface area contributed by atoms with Crippen molar-refractivity contribution in [3.05, 3.63) is 11.8 Å². The predicted molar refractivity (Wildman–Crippen MR) is 53.9 cm³/mol. The first-order valence-electron chi connectivity index (χ1n) is 4.46. The van der Waals surface area contributed by atoms with E-state index in [1.54, 1.807) is 12.3 Å². The summed E-state index contributed by atoms with van der Waals surface area (Å²) in [4.78, 5) is 10.8. The Morgan fingerprint density at radius 2 is 2.31 bits per heavy atom. The van der Waals surface area contributed by atoms with Crippen molar-refractivity contribution < 1.29 is 9.00 Å². The SMILES string of the molecule is CS(=O)CCCNC1=CC(=O)CC1. The fraction of sp³-hybridized carbons (Fsp3) is 0.667. The van der Waals surface area contributed by atoms with Gasteiger partial charge in [-0.25, -0.2) is 0 Å². The monoisotopic (exact) mass is 201 g/mol. The molecule has 0 aliphatic heterocycles. The molecule has 1 atom stereocenters. The second kappa shape index (κ2) is 5.17. The van der Waals surface area contributed by atoms with Crippen LogP contribution in [0.3, 0.4) is 0 Å². The topological polar surface area (TPSA) is 46.2 Å². The molecule has 0 radical (unpaired) electrons. The van der Waals surface area contributed by atoms with Gasteiger partial charge in [0.25, 0.3) is 0 Å². The summed E-state index contributed by atoms with van der Waals surface area (Å²) in [6, 6.07) is 0. The van der Waals surface area contributed by atoms with Gasteiger partial charge in [-0.3, -0.25) is 9.00 Å². The molecule has 0 bridgehead atoms. The molecule has 0 heterocycles. The Bertz CT molecular complexity index is 248. The van der Waals surface area contributed by atoms with Crippen molar-refractivity contribution in [2.75, 3.05) is 18.6 Å². The molecule has 4 heteroatoms. The van der Waals surface area contributed by atoms with Crippen LogP contribution >= 0.6 is 0 Å². The first kappa shape index (κ1) is 10.4. The number of carbonyl (C=O) groups is 1. The van der Waals surface area contributed by atoms with Crippen LogP contribution in [0, 0.1) is 0 Å². The van der Waals surface area contributed by atoms with E-state index < -0.39 is 10.8 Å². The molecule has 0 saturated carbocycles. The number of nitrogens with one attached hydrogen (secondary N) is 1. The van der Waals surface area contributed by atoms with Gasteiger partial charge in [-0.05, 0) is 12.8 Å². The highest BCUT2D eigenvalue weighted by Crippen LogP contribution is 2.11. The van der Waals surface area contributed by atoms with E-state index in [0.29, 0.717) is 6.42 Å². The van der Waals surface area contributed by atoms with Gasteiger partial charge in [0.2, 0.25) is 0 Å². The summed E-state index contributed by atoms with van der Waals surface area (Å²) in [7, 11) is -0.702. The van der Waals surface area contributed by atoms with Crippen molar-refractivity contribution in [1.82, 2.24) is 5.32 Å². The number of hydrogen-bond donors (Lipinski definition) is 1. The van der Waals surface area contributed by atoms with Gasteiger partial charge in [0, 0.05) is 47.5 Å². The minimum atomic E-state index is -0.702. The normalized spacial score (nSPS) is 18.5. The lowest BCUT2D eigenvalue weighted by Crippen LogP contribution is -2.15. The zero-order valence-corrected chi connectivity index (χ0v) is 8.65. The van der Waals surface area contributed by atoms with Crippen LogP contribution in [0.4, 0.5) is 0 Å². The van der Waals surface area contributed by atoms with E-state index in [2.05, 4.69) is 5.32 Å². The lowest BCUT2D eigenvalue weighted by atomic mass is 10.3. The lowest BCUT2D eigenvalue weighted by Gasteiger charge is -2.04. The van der Waals surface area contributed by atoms with E-state index in [0.717, 1.165) is 30.8 Å². The molecule has 0 amide bonds. The Balaban J connectivity index is 2.10. The van der Waals surface area contributed by atoms with Gasteiger partial charge in [0.05, 0.1) is 0 Å². The van der Waals surface area contributed by atoms with Crippen LogP contribution in [0.2, 0.25) is 0 Å². The largest absolute Gasteiger partial charge is 0.388 e. The van der Waals surface area contributed by atoms with Gasteiger partial charge in [-0.15, -0.1) is 0 Å². The highest BCUT2D eigenvalue weighted by Gasteiger charge is 2.10. The maximum atomic E-state index is 10.8. The number of rotatable bonds is 5. The molecule has 0 aromatic rings. The first-order valence-corrected chi connectivity index (χ1v) is 6.18. The van der Waals surface area contributed by atoms with E-state index in [1.165, 1.54) is 0 Å². The highest BCUT2D eigenvalue weighted by atomic mass is 32.2. The quantitative estimate of drug-likeness (QED) is 0.662. The predicted octanol–water partition coefficient (Wildman–Crippen LogP) is 0.591. The molecular weight excluding hydrogens is 186 g/mol. The van der Waals surface area contributed by atoms with Crippen LogP contribution < -0.4 is 5.32 Å². The maximum absolute atomic E-state index is 10.8. The van der Waals surface area contributed by atoms with E-state index in [1.807, 2.05) is 0 Å². The molecule has 1 unspecified atom stereocenters. The minimum absolute atomic E-state index is 0.210. The van der Waals surface area contributed by atoms with E-state index >= 15 is 0 Å². The third-order valence-corrected chi connectivity index (χ3v) is 2.80. The van der Waals surface area contributed by atoms with Crippen LogP contribution in [0.5, 0.6) is 0 Å². The molecule has 1 aliphatic rings. The zero-order valence-electron chi connectivity index (χ0n) is 7.84. The fourth-order valence-electron chi connectivity index (χ4n) is 1.26. The van der Waals surface area contributed by atoms with Crippen LogP contribution in [-0.4, -0.2) is 28.5 Å². The van der Waals surface area contributed by atoms with Crippen LogP contribution in [0.25, 0.3) is 0 Å². The molecule has 0 saturated heterocycles. The van der Waals surface area contributed by atoms with Gasteiger partial charge in [-0.2, -0.15) is 0 Å². The fourth-order valence-corrected chi connectivity index (χ4v) is 1.81. The Hall–Kier alpha value is -0.640. The molecule has 1 aliphatic carbocycles. The number of allylic oxidation sites excluding steroid dienone is 2. The molecule has 0 aromatic heterocycles. The van der Waals surface area contributed by atoms with E-state index in [-0.39, 0.29) is 5.78 Å². The van der Waals surface area contributed by atoms with Crippen molar-refractivity contribution in [1.29, 1.82) is 0 Å². The summed E-state index contributed by atoms with van der Waals surface area (Å²) in [5, 5.41) is 3.17. The zero-order chi connectivity index (χ0) is 9.68. The summed E-state index contributed by atoms with van der Waals surface area (Å²) in [5.41, 5.74) is 1.03. The van der Waals surface area contributed by atoms with Crippen molar-refractivity contribution >= 4 is 16.6 Å². The summed E-state index contributed by atoms with van der Waals surface area (Å²) < 4.78 is 10.7. The Labute approximate surface area is 81.0 Å². The molecule has 1 N–H and O–H groups in total. The summed E-state index contributed by atoms with van der Waals surface area (Å²) >= 11 is 0. The van der Waals surface area contributed by atoms with Crippen molar-refractivity contribution in [2.45, 2.75) is 19.3 Å². The third kappa shape index (κ3) is 4.22. The Morgan fingerprint density at radius 3 is 2.85 bits per heavy atom. The minimum Gasteiger partial charge on any atom is -0.388 e. The Morgan fingerprint density at radius 1 is 1.54 bits per heavy atom. The van der Waals surface area contributed by atoms with Gasteiger partial charge >= 0.3 is 0 Å². The molecule has 0 spiro atoms. The van der Waals surface area contributed by atoms with Crippen LogP contribution in [-0.2, 0) is 15.6 Å². The molecule has 0 fully saturated rings. The van der Waals surface area contributed by atoms with Crippen molar-refractivity contribution in [2.24, 2.45) is 0 Å². The van der Waals surface area contributed by atoms with Crippen molar-refractivity contribution in [3.63, 3.8) is 0 Å². The molecular formula is C9H15NO2S. The van der Waals surface area contributed by atoms with Gasteiger partial charge in [0.15, 0.2) is 5.78 Å². The molecule has 3 nitrogen and oxygen atoms in total. The van der Waals surface area contributed by atoms with Gasteiger partial charge < -0.3 is 5.32 Å². The Kier molecular flexibility index (Phi) is 4.15.